The third-order valence-corrected chi connectivity index (χ3v) is 4.85. The molecule has 1 aromatic heterocycles. The molecule has 0 saturated heterocycles. The van der Waals surface area contributed by atoms with Crippen molar-refractivity contribution in [2.24, 2.45) is 0 Å². The van der Waals surface area contributed by atoms with Crippen molar-refractivity contribution in [1.29, 1.82) is 5.26 Å². The molecule has 1 heterocycles. The summed E-state index contributed by atoms with van der Waals surface area (Å²) in [7, 11) is 1.99. The van der Waals surface area contributed by atoms with Crippen LogP contribution < -0.4 is 5.56 Å². The van der Waals surface area contributed by atoms with Gasteiger partial charge >= 0.3 is 0 Å². The lowest BCUT2D eigenvalue weighted by Gasteiger charge is -2.16. The standard InChI is InChI=1S/C24H20N4O/c1-28(16-23-26-22-9-5-4-8-21(22)24(29)27-23)15-17-10-12-18(13-11-17)20-7-3-2-6-19(20)14-25/h2-13H,15-16H2,1H3,(H,26,27,29). The highest BCUT2D eigenvalue weighted by Gasteiger charge is 2.08. The van der Waals surface area contributed by atoms with Gasteiger partial charge in [0.25, 0.3) is 5.56 Å². The van der Waals surface area contributed by atoms with Crippen molar-refractivity contribution in [3.05, 3.63) is 100 Å². The predicted octanol–water partition coefficient (Wildman–Crippen LogP) is 4.09. The van der Waals surface area contributed by atoms with Crippen LogP contribution in [-0.4, -0.2) is 21.9 Å². The Labute approximate surface area is 168 Å². The number of benzene rings is 3. The molecule has 3 aromatic carbocycles. The molecular formula is C24H20N4O. The van der Waals surface area contributed by atoms with E-state index in [9.17, 15) is 10.1 Å². The van der Waals surface area contributed by atoms with Gasteiger partial charge < -0.3 is 4.98 Å². The van der Waals surface area contributed by atoms with E-state index in [-0.39, 0.29) is 5.56 Å². The smallest absolute Gasteiger partial charge is 0.258 e. The average Bonchev–Trinajstić information content (AvgIpc) is 2.74. The fourth-order valence-electron chi connectivity index (χ4n) is 3.46. The van der Waals surface area contributed by atoms with Crippen LogP contribution in [0.25, 0.3) is 22.0 Å². The van der Waals surface area contributed by atoms with Crippen LogP contribution in [0.5, 0.6) is 0 Å². The maximum Gasteiger partial charge on any atom is 0.258 e. The highest BCUT2D eigenvalue weighted by molar-refractivity contribution is 5.77. The molecule has 0 amide bonds. The summed E-state index contributed by atoms with van der Waals surface area (Å²) < 4.78 is 0. The number of hydrogen-bond acceptors (Lipinski definition) is 4. The van der Waals surface area contributed by atoms with Crippen LogP contribution in [0.3, 0.4) is 0 Å². The topological polar surface area (TPSA) is 72.8 Å². The zero-order valence-electron chi connectivity index (χ0n) is 16.1. The number of hydrogen-bond donors (Lipinski definition) is 1. The van der Waals surface area contributed by atoms with Gasteiger partial charge in [0.05, 0.1) is 29.1 Å². The van der Waals surface area contributed by atoms with E-state index in [2.05, 4.69) is 33.1 Å². The monoisotopic (exact) mass is 380 g/mol. The van der Waals surface area contributed by atoms with Crippen molar-refractivity contribution in [1.82, 2.24) is 14.9 Å². The molecule has 0 saturated carbocycles. The van der Waals surface area contributed by atoms with E-state index >= 15 is 0 Å². The molecule has 0 radical (unpaired) electrons. The Balaban J connectivity index is 1.48. The average molecular weight is 380 g/mol. The van der Waals surface area contributed by atoms with Crippen LogP contribution in [-0.2, 0) is 13.1 Å². The number of aromatic amines is 1. The molecule has 0 spiro atoms. The summed E-state index contributed by atoms with van der Waals surface area (Å²) in [6.07, 6.45) is 0. The predicted molar refractivity (Wildman–Crippen MR) is 114 cm³/mol. The molecule has 0 atom stereocenters. The second kappa shape index (κ2) is 8.09. The Kier molecular flexibility index (Phi) is 5.19. The minimum Gasteiger partial charge on any atom is -0.309 e. The molecule has 0 fully saturated rings. The van der Waals surface area contributed by atoms with Crippen LogP contribution in [0, 0.1) is 11.3 Å². The van der Waals surface area contributed by atoms with Gasteiger partial charge in [-0.2, -0.15) is 5.26 Å². The molecule has 5 nitrogen and oxygen atoms in total. The highest BCUT2D eigenvalue weighted by Crippen LogP contribution is 2.23. The van der Waals surface area contributed by atoms with Crippen LogP contribution in [0.15, 0.2) is 77.6 Å². The summed E-state index contributed by atoms with van der Waals surface area (Å²) in [5.41, 5.74) is 4.37. The summed E-state index contributed by atoms with van der Waals surface area (Å²) >= 11 is 0. The second-order valence-electron chi connectivity index (χ2n) is 7.06. The molecule has 1 N–H and O–H groups in total. The second-order valence-corrected chi connectivity index (χ2v) is 7.06. The van der Waals surface area contributed by atoms with E-state index in [4.69, 9.17) is 0 Å². The van der Waals surface area contributed by atoms with Gasteiger partial charge in [0.1, 0.15) is 5.82 Å². The minimum absolute atomic E-state index is 0.112. The van der Waals surface area contributed by atoms with Gasteiger partial charge in [-0.15, -0.1) is 0 Å². The number of para-hydroxylation sites is 1. The Hall–Kier alpha value is -3.75. The molecule has 4 aromatic rings. The maximum absolute atomic E-state index is 12.2. The molecule has 5 heteroatoms. The van der Waals surface area contributed by atoms with Crippen molar-refractivity contribution < 1.29 is 0 Å². The van der Waals surface area contributed by atoms with Crippen LogP contribution in [0.4, 0.5) is 0 Å². The molecule has 0 aliphatic rings. The van der Waals surface area contributed by atoms with Gasteiger partial charge in [-0.05, 0) is 41.9 Å². The lowest BCUT2D eigenvalue weighted by molar-refractivity contribution is 0.311. The van der Waals surface area contributed by atoms with Crippen LogP contribution in [0.2, 0.25) is 0 Å². The Morgan fingerprint density at radius 2 is 1.69 bits per heavy atom. The number of nitrogens with zero attached hydrogens (tertiary/aromatic N) is 3. The number of nitrogens with one attached hydrogen (secondary N) is 1. The number of fused-ring (bicyclic) bond motifs is 1. The fourth-order valence-corrected chi connectivity index (χ4v) is 3.46. The highest BCUT2D eigenvalue weighted by atomic mass is 16.1. The molecule has 0 bridgehead atoms. The van der Waals surface area contributed by atoms with E-state index in [1.54, 1.807) is 6.07 Å². The summed E-state index contributed by atoms with van der Waals surface area (Å²) in [4.78, 5) is 21.8. The van der Waals surface area contributed by atoms with Gasteiger partial charge in [0, 0.05) is 6.54 Å². The quantitative estimate of drug-likeness (QED) is 0.566. The van der Waals surface area contributed by atoms with E-state index in [1.165, 1.54) is 0 Å². The first-order valence-electron chi connectivity index (χ1n) is 9.39. The maximum atomic E-state index is 12.2. The van der Waals surface area contributed by atoms with E-state index < -0.39 is 0 Å². The largest absolute Gasteiger partial charge is 0.309 e. The number of nitriles is 1. The van der Waals surface area contributed by atoms with Crippen LogP contribution in [0.1, 0.15) is 17.0 Å². The van der Waals surface area contributed by atoms with Crippen molar-refractivity contribution in [3.63, 3.8) is 0 Å². The molecule has 0 unspecified atom stereocenters. The SMILES string of the molecule is CN(Cc1ccc(-c2ccccc2C#N)cc1)Cc1nc2ccccc2c(=O)[nH]1. The van der Waals surface area contributed by atoms with Gasteiger partial charge in [-0.1, -0.05) is 54.6 Å². The van der Waals surface area contributed by atoms with Gasteiger partial charge in [-0.3, -0.25) is 9.69 Å². The summed E-state index contributed by atoms with van der Waals surface area (Å²) in [5, 5.41) is 9.90. The van der Waals surface area contributed by atoms with Crippen molar-refractivity contribution in [3.8, 4) is 17.2 Å². The lowest BCUT2D eigenvalue weighted by atomic mass is 9.99. The molecule has 0 aliphatic heterocycles. The number of rotatable bonds is 5. The van der Waals surface area contributed by atoms with E-state index in [0.717, 1.165) is 23.2 Å². The fraction of sp³-hybridized carbons (Fsp3) is 0.125. The molecule has 142 valence electrons. The zero-order valence-corrected chi connectivity index (χ0v) is 16.1. The first-order chi connectivity index (χ1) is 14.1. The minimum atomic E-state index is -0.112. The van der Waals surface area contributed by atoms with Crippen molar-refractivity contribution in [2.75, 3.05) is 7.05 Å². The first-order valence-corrected chi connectivity index (χ1v) is 9.39. The lowest BCUT2D eigenvalue weighted by Crippen LogP contribution is -2.21. The van der Waals surface area contributed by atoms with E-state index in [1.807, 2.05) is 61.6 Å². The number of aromatic nitrogens is 2. The summed E-state index contributed by atoms with van der Waals surface area (Å²) in [6.45, 7) is 1.26. The van der Waals surface area contributed by atoms with Gasteiger partial charge in [0.15, 0.2) is 0 Å². The number of H-pyrrole nitrogens is 1. The molecule has 4 rings (SSSR count). The molecular weight excluding hydrogens is 360 g/mol. The van der Waals surface area contributed by atoms with Crippen LogP contribution >= 0.6 is 0 Å². The Bertz CT molecular complexity index is 1250. The van der Waals surface area contributed by atoms with Crippen molar-refractivity contribution >= 4 is 10.9 Å². The molecule has 0 aliphatic carbocycles. The summed E-state index contributed by atoms with van der Waals surface area (Å²) in [5.74, 6) is 0.649. The van der Waals surface area contributed by atoms with Gasteiger partial charge in [-0.25, -0.2) is 4.98 Å². The third kappa shape index (κ3) is 4.08. The normalized spacial score (nSPS) is 10.9. The zero-order chi connectivity index (χ0) is 20.2. The van der Waals surface area contributed by atoms with E-state index in [0.29, 0.717) is 28.8 Å². The summed E-state index contributed by atoms with van der Waals surface area (Å²) in [6, 6.07) is 25.4. The molecule has 29 heavy (non-hydrogen) atoms. The van der Waals surface area contributed by atoms with Crippen molar-refractivity contribution in [2.45, 2.75) is 13.1 Å². The third-order valence-electron chi connectivity index (χ3n) is 4.85. The Morgan fingerprint density at radius 3 is 2.48 bits per heavy atom. The Morgan fingerprint density at radius 1 is 0.966 bits per heavy atom. The van der Waals surface area contributed by atoms with Gasteiger partial charge in [0.2, 0.25) is 0 Å². The first kappa shape index (κ1) is 18.6.